The quantitative estimate of drug-likeness (QED) is 0.870. The second-order valence-corrected chi connectivity index (χ2v) is 5.96. The largest absolute Gasteiger partial charge is 0.465 e. The number of aryl methyl sites for hydroxylation is 1. The fourth-order valence-electron chi connectivity index (χ4n) is 2.73. The van der Waals surface area contributed by atoms with Gasteiger partial charge in [0.2, 0.25) is 0 Å². The molecule has 1 N–H and O–H groups in total. The van der Waals surface area contributed by atoms with E-state index in [9.17, 15) is 4.79 Å². The Morgan fingerprint density at radius 3 is 2.60 bits per heavy atom. The number of rotatable bonds is 1. The van der Waals surface area contributed by atoms with Gasteiger partial charge in [-0.2, -0.15) is 0 Å². The molecule has 1 aromatic carbocycles. The monoisotopic (exact) mass is 337 g/mol. The number of nitrogens with zero attached hydrogens (tertiary/aromatic N) is 3. The van der Waals surface area contributed by atoms with E-state index in [1.807, 2.05) is 13.1 Å². The maximum atomic E-state index is 11.0. The topological polar surface area (TPSA) is 48.7 Å². The molecule has 1 amide bonds. The predicted octanol–water partition coefficient (Wildman–Crippen LogP) is 2.74. The lowest BCUT2D eigenvalue weighted by Gasteiger charge is -2.34. The molecule has 3 rings (SSSR count). The van der Waals surface area contributed by atoms with Crippen LogP contribution < -0.4 is 4.90 Å². The maximum Gasteiger partial charge on any atom is 0.407 e. The summed E-state index contributed by atoms with van der Waals surface area (Å²) in [5, 5.41) is 10.2. The molecule has 0 atom stereocenters. The van der Waals surface area contributed by atoms with E-state index in [2.05, 4.69) is 43.7 Å². The van der Waals surface area contributed by atoms with Crippen molar-refractivity contribution in [3.63, 3.8) is 0 Å². The van der Waals surface area contributed by atoms with Crippen molar-refractivity contribution in [2.24, 2.45) is 7.05 Å². The average molecular weight is 338 g/mol. The van der Waals surface area contributed by atoms with Crippen LogP contribution in [0.5, 0.6) is 0 Å². The lowest BCUT2D eigenvalue weighted by Crippen LogP contribution is -2.48. The van der Waals surface area contributed by atoms with E-state index >= 15 is 0 Å². The van der Waals surface area contributed by atoms with Crippen molar-refractivity contribution >= 4 is 38.6 Å². The van der Waals surface area contributed by atoms with Crippen LogP contribution in [0.2, 0.25) is 0 Å². The summed E-state index contributed by atoms with van der Waals surface area (Å²) in [6.45, 7) is 2.58. The average Bonchev–Trinajstić information content (AvgIpc) is 2.75. The number of benzene rings is 1. The number of piperazine rings is 1. The normalized spacial score (nSPS) is 15.9. The molecule has 1 saturated heterocycles. The summed E-state index contributed by atoms with van der Waals surface area (Å²) < 4.78 is 3.17. The van der Waals surface area contributed by atoms with Gasteiger partial charge in [-0.1, -0.05) is 15.9 Å². The molecular formula is C14H16BrN3O2. The van der Waals surface area contributed by atoms with Gasteiger partial charge in [-0.15, -0.1) is 0 Å². The molecule has 5 nitrogen and oxygen atoms in total. The summed E-state index contributed by atoms with van der Waals surface area (Å²) >= 11 is 3.51. The highest BCUT2D eigenvalue weighted by Gasteiger charge is 2.22. The van der Waals surface area contributed by atoms with Crippen LogP contribution in [-0.2, 0) is 7.05 Å². The van der Waals surface area contributed by atoms with Crippen LogP contribution in [0.15, 0.2) is 28.9 Å². The van der Waals surface area contributed by atoms with Gasteiger partial charge in [0.05, 0.1) is 5.69 Å². The van der Waals surface area contributed by atoms with E-state index in [0.717, 1.165) is 17.6 Å². The Kier molecular flexibility index (Phi) is 3.33. The number of halogens is 1. The zero-order valence-electron chi connectivity index (χ0n) is 11.2. The molecule has 0 unspecified atom stereocenters. The molecule has 0 aliphatic carbocycles. The minimum atomic E-state index is -0.828. The van der Waals surface area contributed by atoms with Crippen LogP contribution >= 0.6 is 15.9 Å². The number of anilines is 1. The van der Waals surface area contributed by atoms with E-state index in [0.29, 0.717) is 13.1 Å². The number of carbonyl (C=O) groups is 1. The lowest BCUT2D eigenvalue weighted by molar-refractivity contribution is 0.142. The van der Waals surface area contributed by atoms with E-state index in [1.54, 1.807) is 0 Å². The lowest BCUT2D eigenvalue weighted by atomic mass is 10.2. The summed E-state index contributed by atoms with van der Waals surface area (Å²) in [5.74, 6) is 0. The first-order valence-corrected chi connectivity index (χ1v) is 7.33. The Morgan fingerprint density at radius 1 is 1.25 bits per heavy atom. The van der Waals surface area contributed by atoms with Crippen LogP contribution in [0.4, 0.5) is 10.5 Å². The number of hydrogen-bond acceptors (Lipinski definition) is 2. The van der Waals surface area contributed by atoms with Gasteiger partial charge >= 0.3 is 6.09 Å². The molecule has 1 aliphatic heterocycles. The first-order valence-electron chi connectivity index (χ1n) is 6.53. The van der Waals surface area contributed by atoms with Crippen molar-refractivity contribution < 1.29 is 9.90 Å². The smallest absolute Gasteiger partial charge is 0.407 e. The van der Waals surface area contributed by atoms with Crippen molar-refractivity contribution in [1.29, 1.82) is 0 Å². The summed E-state index contributed by atoms with van der Waals surface area (Å²) in [6.07, 6.45) is 1.29. The third-order valence-electron chi connectivity index (χ3n) is 3.82. The Labute approximate surface area is 125 Å². The van der Waals surface area contributed by atoms with Gasteiger partial charge in [0.15, 0.2) is 0 Å². The summed E-state index contributed by atoms with van der Waals surface area (Å²) in [6, 6.07) is 6.25. The van der Waals surface area contributed by atoms with Crippen molar-refractivity contribution in [2.45, 2.75) is 0 Å². The molecule has 20 heavy (non-hydrogen) atoms. The summed E-state index contributed by atoms with van der Waals surface area (Å²) in [7, 11) is 2.03. The van der Waals surface area contributed by atoms with Gasteiger partial charge in [-0.05, 0) is 18.2 Å². The number of fused-ring (bicyclic) bond motifs is 1. The number of amides is 1. The van der Waals surface area contributed by atoms with Gasteiger partial charge in [-0.25, -0.2) is 4.79 Å². The van der Waals surface area contributed by atoms with Crippen LogP contribution in [0, 0.1) is 0 Å². The highest BCUT2D eigenvalue weighted by atomic mass is 79.9. The minimum absolute atomic E-state index is 0.555. The van der Waals surface area contributed by atoms with E-state index in [-0.39, 0.29) is 0 Å². The summed E-state index contributed by atoms with van der Waals surface area (Å²) in [5.41, 5.74) is 2.36. The first kappa shape index (κ1) is 13.3. The molecule has 0 bridgehead atoms. The second-order valence-electron chi connectivity index (χ2n) is 5.04. The minimum Gasteiger partial charge on any atom is -0.465 e. The first-order chi connectivity index (χ1) is 9.56. The molecule has 2 aromatic rings. The predicted molar refractivity (Wildman–Crippen MR) is 82.4 cm³/mol. The fourth-order valence-corrected chi connectivity index (χ4v) is 3.10. The molecule has 0 spiro atoms. The van der Waals surface area contributed by atoms with Gasteiger partial charge in [0, 0.05) is 54.8 Å². The Hall–Kier alpha value is -1.69. The molecule has 106 valence electrons. The highest BCUT2D eigenvalue weighted by Crippen LogP contribution is 2.31. The molecule has 2 heterocycles. The van der Waals surface area contributed by atoms with Crippen molar-refractivity contribution in [3.05, 3.63) is 28.9 Å². The molecule has 0 saturated carbocycles. The van der Waals surface area contributed by atoms with Crippen molar-refractivity contribution in [3.8, 4) is 0 Å². The number of hydrogen-bond donors (Lipinski definition) is 1. The molecule has 1 aliphatic rings. The fraction of sp³-hybridized carbons (Fsp3) is 0.357. The SMILES string of the molecule is Cn1cc(N2CCN(C(=O)O)CC2)c2cc(Br)ccc21. The molecular weight excluding hydrogens is 322 g/mol. The molecule has 1 fully saturated rings. The Balaban J connectivity index is 1.92. The van der Waals surface area contributed by atoms with Crippen LogP contribution in [0.3, 0.4) is 0 Å². The Morgan fingerprint density at radius 2 is 1.95 bits per heavy atom. The number of carboxylic acid groups (broad SMARTS) is 1. The summed E-state index contributed by atoms with van der Waals surface area (Å²) in [4.78, 5) is 14.7. The van der Waals surface area contributed by atoms with Gasteiger partial charge in [0.25, 0.3) is 0 Å². The van der Waals surface area contributed by atoms with Crippen LogP contribution in [-0.4, -0.2) is 46.8 Å². The second kappa shape index (κ2) is 5.01. The zero-order chi connectivity index (χ0) is 14.3. The van der Waals surface area contributed by atoms with Gasteiger partial charge in [0.1, 0.15) is 0 Å². The van der Waals surface area contributed by atoms with E-state index < -0.39 is 6.09 Å². The molecule has 6 heteroatoms. The maximum absolute atomic E-state index is 11.0. The van der Waals surface area contributed by atoms with Crippen LogP contribution in [0.25, 0.3) is 10.9 Å². The van der Waals surface area contributed by atoms with Crippen molar-refractivity contribution in [1.82, 2.24) is 9.47 Å². The van der Waals surface area contributed by atoms with E-state index in [4.69, 9.17) is 5.11 Å². The third-order valence-corrected chi connectivity index (χ3v) is 4.31. The highest BCUT2D eigenvalue weighted by molar-refractivity contribution is 9.10. The third kappa shape index (κ3) is 2.24. The van der Waals surface area contributed by atoms with Crippen LogP contribution in [0.1, 0.15) is 0 Å². The van der Waals surface area contributed by atoms with Gasteiger partial charge in [-0.3, -0.25) is 0 Å². The standard InChI is InChI=1S/C14H16BrN3O2/c1-16-9-13(11-8-10(15)2-3-12(11)16)17-4-6-18(7-5-17)14(19)20/h2-3,8-9H,4-7H2,1H3,(H,19,20). The van der Waals surface area contributed by atoms with Crippen molar-refractivity contribution in [2.75, 3.05) is 31.1 Å². The molecule has 0 radical (unpaired) electrons. The van der Waals surface area contributed by atoms with Gasteiger partial charge < -0.3 is 19.5 Å². The number of aromatic nitrogens is 1. The Bertz CT molecular complexity index is 660. The van der Waals surface area contributed by atoms with E-state index in [1.165, 1.54) is 21.5 Å². The molecule has 1 aromatic heterocycles. The zero-order valence-corrected chi connectivity index (χ0v) is 12.8.